The summed E-state index contributed by atoms with van der Waals surface area (Å²) in [5, 5.41) is 0. The number of hydrogen-bond donors (Lipinski definition) is 0. The first-order chi connectivity index (χ1) is 12.6. The monoisotopic (exact) mass is 364 g/mol. The zero-order valence-electron chi connectivity index (χ0n) is 16.6. The highest BCUT2D eigenvalue weighted by molar-refractivity contribution is 5.82. The van der Waals surface area contributed by atoms with E-state index in [1.807, 2.05) is 0 Å². The lowest BCUT2D eigenvalue weighted by Gasteiger charge is -2.31. The van der Waals surface area contributed by atoms with Gasteiger partial charge in [0.1, 0.15) is 12.2 Å². The maximum Gasteiger partial charge on any atom is 0.330 e. The molecule has 0 N–H and O–H groups in total. The molecule has 2 fully saturated rings. The number of esters is 2. The van der Waals surface area contributed by atoms with Crippen LogP contribution in [0.5, 0.6) is 0 Å². The molecule has 0 unspecified atom stereocenters. The van der Waals surface area contributed by atoms with Crippen LogP contribution in [0, 0.1) is 11.8 Å². The lowest BCUT2D eigenvalue weighted by Crippen LogP contribution is -2.32. The maximum atomic E-state index is 12.4. The second-order valence-electron chi connectivity index (χ2n) is 7.99. The molecule has 0 aromatic carbocycles. The summed E-state index contributed by atoms with van der Waals surface area (Å²) in [7, 11) is 0. The van der Waals surface area contributed by atoms with E-state index >= 15 is 0 Å². The van der Waals surface area contributed by atoms with Crippen molar-refractivity contribution < 1.29 is 19.1 Å². The Bertz CT molecular complexity index is 455. The molecule has 2 aliphatic carbocycles. The number of allylic oxidation sites excluding steroid dienone is 1. The van der Waals surface area contributed by atoms with E-state index in [0.29, 0.717) is 0 Å². The minimum Gasteiger partial charge on any atom is -0.462 e. The van der Waals surface area contributed by atoms with Crippen molar-refractivity contribution in [1.29, 1.82) is 0 Å². The lowest BCUT2D eigenvalue weighted by atomic mass is 9.83. The summed E-state index contributed by atoms with van der Waals surface area (Å²) in [6.45, 7) is 4.04. The highest BCUT2D eigenvalue weighted by Gasteiger charge is 2.31. The first-order valence-electron chi connectivity index (χ1n) is 10.7. The molecular weight excluding hydrogens is 328 g/mol. The van der Waals surface area contributed by atoms with Crippen LogP contribution in [0.2, 0.25) is 0 Å². The third-order valence-corrected chi connectivity index (χ3v) is 5.89. The summed E-state index contributed by atoms with van der Waals surface area (Å²) in [5.74, 6) is 0.500. The first kappa shape index (κ1) is 21.0. The number of hydrogen-bond acceptors (Lipinski definition) is 4. The fraction of sp³-hybridized carbons (Fsp3) is 0.818. The fourth-order valence-corrected chi connectivity index (χ4v) is 4.24. The summed E-state index contributed by atoms with van der Waals surface area (Å²) in [4.78, 5) is 23.9. The molecule has 0 atom stereocenters. The Morgan fingerprint density at radius 3 is 2.12 bits per heavy atom. The topological polar surface area (TPSA) is 52.6 Å². The lowest BCUT2D eigenvalue weighted by molar-refractivity contribution is -0.158. The van der Waals surface area contributed by atoms with E-state index in [1.165, 1.54) is 44.6 Å². The summed E-state index contributed by atoms with van der Waals surface area (Å²) in [6.07, 6.45) is 16.0. The van der Waals surface area contributed by atoms with Gasteiger partial charge in [-0.3, -0.25) is 4.79 Å². The molecule has 2 aliphatic rings. The molecule has 4 nitrogen and oxygen atoms in total. The minimum absolute atomic E-state index is 0.0195. The molecule has 0 radical (unpaired) electrons. The molecule has 148 valence electrons. The van der Waals surface area contributed by atoms with Gasteiger partial charge in [0.15, 0.2) is 0 Å². The van der Waals surface area contributed by atoms with Crippen LogP contribution in [0.3, 0.4) is 0 Å². The van der Waals surface area contributed by atoms with Gasteiger partial charge in [-0.05, 0) is 64.2 Å². The van der Waals surface area contributed by atoms with Crippen LogP contribution < -0.4 is 0 Å². The molecule has 2 rings (SSSR count). The quantitative estimate of drug-likeness (QED) is 0.331. The molecule has 4 heteroatoms. The minimum atomic E-state index is -0.283. The van der Waals surface area contributed by atoms with Gasteiger partial charge in [-0.15, -0.1) is 0 Å². The highest BCUT2D eigenvalue weighted by atomic mass is 16.5. The van der Waals surface area contributed by atoms with Crippen molar-refractivity contribution >= 4 is 11.9 Å². The van der Waals surface area contributed by atoms with E-state index in [9.17, 15) is 9.59 Å². The Kier molecular flexibility index (Phi) is 9.21. The Balaban J connectivity index is 1.63. The summed E-state index contributed by atoms with van der Waals surface area (Å²) in [6, 6.07) is 0. The van der Waals surface area contributed by atoms with Gasteiger partial charge in [0.25, 0.3) is 0 Å². The molecule has 0 saturated heterocycles. The van der Waals surface area contributed by atoms with Gasteiger partial charge in [0, 0.05) is 6.08 Å². The van der Waals surface area contributed by atoms with E-state index < -0.39 is 0 Å². The highest BCUT2D eigenvalue weighted by Crippen LogP contribution is 2.32. The Hall–Kier alpha value is -1.32. The summed E-state index contributed by atoms with van der Waals surface area (Å²) < 4.78 is 11.2. The summed E-state index contributed by atoms with van der Waals surface area (Å²) >= 11 is 0. The molecule has 0 aromatic rings. The second kappa shape index (κ2) is 11.4. The zero-order valence-corrected chi connectivity index (χ0v) is 16.6. The molecule has 0 bridgehead atoms. The number of carbonyl (C=O) groups excluding carboxylic acids is 2. The van der Waals surface area contributed by atoms with Crippen LogP contribution in [0.4, 0.5) is 0 Å². The number of ether oxygens (including phenoxy) is 2. The van der Waals surface area contributed by atoms with Crippen molar-refractivity contribution in [3.63, 3.8) is 0 Å². The van der Waals surface area contributed by atoms with Crippen molar-refractivity contribution in [3.8, 4) is 0 Å². The van der Waals surface area contributed by atoms with Crippen LogP contribution in [0.1, 0.15) is 90.9 Å². The predicted molar refractivity (Wildman–Crippen MR) is 103 cm³/mol. The van der Waals surface area contributed by atoms with Crippen molar-refractivity contribution in [2.24, 2.45) is 11.8 Å². The zero-order chi connectivity index (χ0) is 18.8. The van der Waals surface area contributed by atoms with Crippen molar-refractivity contribution in [1.82, 2.24) is 0 Å². The van der Waals surface area contributed by atoms with Gasteiger partial charge in [0.2, 0.25) is 0 Å². The molecule has 0 heterocycles. The molecule has 26 heavy (non-hydrogen) atoms. The van der Waals surface area contributed by atoms with Crippen LogP contribution >= 0.6 is 0 Å². The Morgan fingerprint density at radius 1 is 0.885 bits per heavy atom. The van der Waals surface area contributed by atoms with E-state index in [-0.39, 0.29) is 30.1 Å². The van der Waals surface area contributed by atoms with Crippen LogP contribution in [-0.2, 0) is 19.1 Å². The third-order valence-electron chi connectivity index (χ3n) is 5.89. The largest absolute Gasteiger partial charge is 0.462 e. The predicted octanol–water partition coefficient (Wildman–Crippen LogP) is 5.35. The summed E-state index contributed by atoms with van der Waals surface area (Å²) in [5.41, 5.74) is 0. The van der Waals surface area contributed by atoms with Gasteiger partial charge >= 0.3 is 11.9 Å². The fourth-order valence-electron chi connectivity index (χ4n) is 4.24. The number of carbonyl (C=O) groups is 2. The van der Waals surface area contributed by atoms with E-state index in [4.69, 9.17) is 9.47 Å². The average molecular weight is 365 g/mol. The molecule has 0 spiro atoms. The van der Waals surface area contributed by atoms with Gasteiger partial charge in [0.05, 0.1) is 5.92 Å². The average Bonchev–Trinajstić information content (AvgIpc) is 2.64. The molecule has 0 aliphatic heterocycles. The van der Waals surface area contributed by atoms with E-state index in [2.05, 4.69) is 6.92 Å². The van der Waals surface area contributed by atoms with Crippen LogP contribution in [0.15, 0.2) is 12.2 Å². The van der Waals surface area contributed by atoms with Gasteiger partial charge in [-0.1, -0.05) is 38.7 Å². The SMILES string of the molecule is CC=CC(=O)OC1CCC(C(=O)OC2CCC(CCCCC)CC2)CC1. The van der Waals surface area contributed by atoms with Gasteiger partial charge in [-0.2, -0.15) is 0 Å². The first-order valence-corrected chi connectivity index (χ1v) is 10.7. The molecule has 0 amide bonds. The number of unbranched alkanes of at least 4 members (excludes halogenated alkanes) is 2. The molecule has 2 saturated carbocycles. The van der Waals surface area contributed by atoms with E-state index in [0.717, 1.165) is 44.4 Å². The standard InChI is InChI=1S/C22H36O4/c1-3-5-6-8-17-9-13-20(14-10-17)26-22(24)18-11-15-19(16-12-18)25-21(23)7-4-2/h4,7,17-20H,3,5-6,8-16H2,1-2H3. The Labute approximate surface area is 158 Å². The van der Waals surface area contributed by atoms with Crippen LogP contribution in [0.25, 0.3) is 0 Å². The number of rotatable bonds is 8. The van der Waals surface area contributed by atoms with Gasteiger partial charge < -0.3 is 9.47 Å². The normalized spacial score (nSPS) is 29.5. The second-order valence-corrected chi connectivity index (χ2v) is 7.99. The Morgan fingerprint density at radius 2 is 1.50 bits per heavy atom. The van der Waals surface area contributed by atoms with Crippen LogP contribution in [-0.4, -0.2) is 24.1 Å². The van der Waals surface area contributed by atoms with E-state index in [1.54, 1.807) is 13.0 Å². The third kappa shape index (κ3) is 7.13. The maximum absolute atomic E-state index is 12.4. The van der Waals surface area contributed by atoms with Crippen molar-refractivity contribution in [2.45, 2.75) is 103 Å². The molecule has 0 aromatic heterocycles. The van der Waals surface area contributed by atoms with Crippen molar-refractivity contribution in [3.05, 3.63) is 12.2 Å². The van der Waals surface area contributed by atoms with Crippen molar-refractivity contribution in [2.75, 3.05) is 0 Å². The smallest absolute Gasteiger partial charge is 0.330 e. The molecular formula is C22H36O4. The van der Waals surface area contributed by atoms with Gasteiger partial charge in [-0.25, -0.2) is 4.79 Å².